The van der Waals surface area contributed by atoms with Crippen LogP contribution >= 0.6 is 22.6 Å². The maximum Gasteiger partial charge on any atom is 0.293 e. The molecule has 2 bridgehead atoms. The number of nitro benzene ring substituents is 1. The molecule has 102 valence electrons. The van der Waals surface area contributed by atoms with Crippen LogP contribution in [0.25, 0.3) is 0 Å². The summed E-state index contributed by atoms with van der Waals surface area (Å²) in [5.41, 5.74) is 0.840. The van der Waals surface area contributed by atoms with Gasteiger partial charge in [0, 0.05) is 22.2 Å². The number of benzene rings is 1. The van der Waals surface area contributed by atoms with Crippen molar-refractivity contribution in [1.82, 2.24) is 4.90 Å². The molecule has 5 nitrogen and oxygen atoms in total. The molecule has 6 heteroatoms. The van der Waals surface area contributed by atoms with Crippen LogP contribution in [-0.4, -0.2) is 35.5 Å². The first-order valence-electron chi connectivity index (χ1n) is 6.56. The fraction of sp³-hybridized carbons (Fsp3) is 0.538. The molecule has 3 saturated heterocycles. The van der Waals surface area contributed by atoms with E-state index in [1.807, 2.05) is 12.1 Å². The van der Waals surface area contributed by atoms with Gasteiger partial charge in [-0.15, -0.1) is 0 Å². The summed E-state index contributed by atoms with van der Waals surface area (Å²) in [5.74, 6) is 0.656. The zero-order valence-corrected chi connectivity index (χ0v) is 12.7. The lowest BCUT2D eigenvalue weighted by atomic mass is 9.84. The van der Waals surface area contributed by atoms with E-state index in [4.69, 9.17) is 0 Å². The highest BCUT2D eigenvalue weighted by Gasteiger charge is 2.34. The molecule has 4 rings (SSSR count). The van der Waals surface area contributed by atoms with Crippen LogP contribution in [0.1, 0.15) is 12.8 Å². The molecular weight excluding hydrogens is 357 g/mol. The maximum atomic E-state index is 11.1. The summed E-state index contributed by atoms with van der Waals surface area (Å²) in [4.78, 5) is 13.3. The largest absolute Gasteiger partial charge is 0.375 e. The molecule has 0 radical (unpaired) electrons. The zero-order valence-electron chi connectivity index (χ0n) is 10.5. The molecule has 0 spiro atoms. The van der Waals surface area contributed by atoms with Gasteiger partial charge in [0.2, 0.25) is 0 Å². The molecule has 1 aromatic carbocycles. The predicted octanol–water partition coefficient (Wildman–Crippen LogP) is 2.71. The number of nitrogens with one attached hydrogen (secondary N) is 1. The van der Waals surface area contributed by atoms with Crippen LogP contribution in [0.3, 0.4) is 0 Å². The second-order valence-corrected chi connectivity index (χ2v) is 6.55. The molecule has 3 heterocycles. The molecule has 0 amide bonds. The second-order valence-electron chi connectivity index (χ2n) is 5.31. The van der Waals surface area contributed by atoms with Gasteiger partial charge in [-0.3, -0.25) is 10.1 Å². The predicted molar refractivity (Wildman–Crippen MR) is 82.4 cm³/mol. The number of fused-ring (bicyclic) bond motifs is 3. The molecule has 0 aromatic heterocycles. The average Bonchev–Trinajstić information content (AvgIpc) is 2.42. The van der Waals surface area contributed by atoms with E-state index in [0.717, 1.165) is 10.1 Å². The number of hydrogen-bond donors (Lipinski definition) is 1. The van der Waals surface area contributed by atoms with Gasteiger partial charge in [0.15, 0.2) is 0 Å². The Hall–Kier alpha value is -0.890. The highest BCUT2D eigenvalue weighted by molar-refractivity contribution is 14.1. The third-order valence-electron chi connectivity index (χ3n) is 4.15. The van der Waals surface area contributed by atoms with Crippen molar-refractivity contribution in [1.29, 1.82) is 0 Å². The van der Waals surface area contributed by atoms with E-state index < -0.39 is 0 Å². The van der Waals surface area contributed by atoms with Gasteiger partial charge >= 0.3 is 0 Å². The number of hydrogen-bond acceptors (Lipinski definition) is 4. The van der Waals surface area contributed by atoms with E-state index in [1.54, 1.807) is 6.07 Å². The van der Waals surface area contributed by atoms with Gasteiger partial charge in [0.1, 0.15) is 5.69 Å². The molecule has 3 aliphatic rings. The van der Waals surface area contributed by atoms with Crippen molar-refractivity contribution in [2.45, 2.75) is 18.9 Å². The minimum absolute atomic E-state index is 0.184. The number of piperidine rings is 3. The van der Waals surface area contributed by atoms with E-state index in [2.05, 4.69) is 32.8 Å². The summed E-state index contributed by atoms with van der Waals surface area (Å²) in [5, 5.41) is 14.5. The topological polar surface area (TPSA) is 58.4 Å². The fourth-order valence-electron chi connectivity index (χ4n) is 3.11. The maximum absolute atomic E-state index is 11.1. The Kier molecular flexibility index (Phi) is 3.62. The lowest BCUT2D eigenvalue weighted by molar-refractivity contribution is -0.384. The molecule has 1 aromatic rings. The van der Waals surface area contributed by atoms with Gasteiger partial charge in [-0.05, 0) is 66.6 Å². The van der Waals surface area contributed by atoms with Crippen molar-refractivity contribution < 1.29 is 4.92 Å². The van der Waals surface area contributed by atoms with Crippen molar-refractivity contribution in [3.8, 4) is 0 Å². The SMILES string of the molecule is O=[N+]([O-])c1cc(I)ccc1NC1CN2CCC1CC2. The Morgan fingerprint density at radius 3 is 2.68 bits per heavy atom. The van der Waals surface area contributed by atoms with E-state index in [-0.39, 0.29) is 10.6 Å². The summed E-state index contributed by atoms with van der Waals surface area (Å²) in [6.45, 7) is 3.36. The van der Waals surface area contributed by atoms with E-state index >= 15 is 0 Å². The molecule has 0 saturated carbocycles. The van der Waals surface area contributed by atoms with Crippen LogP contribution in [0.5, 0.6) is 0 Å². The van der Waals surface area contributed by atoms with E-state index in [1.165, 1.54) is 25.9 Å². The minimum Gasteiger partial charge on any atom is -0.375 e. The third kappa shape index (κ3) is 2.69. The van der Waals surface area contributed by atoms with Gasteiger partial charge in [-0.25, -0.2) is 0 Å². The van der Waals surface area contributed by atoms with Crippen molar-refractivity contribution in [3.05, 3.63) is 31.9 Å². The Morgan fingerprint density at radius 1 is 1.37 bits per heavy atom. The van der Waals surface area contributed by atoms with Gasteiger partial charge in [0.05, 0.1) is 4.92 Å². The molecule has 19 heavy (non-hydrogen) atoms. The van der Waals surface area contributed by atoms with Crippen molar-refractivity contribution >= 4 is 34.0 Å². The first kappa shape index (κ1) is 13.1. The fourth-order valence-corrected chi connectivity index (χ4v) is 3.58. The molecular formula is C13H16IN3O2. The van der Waals surface area contributed by atoms with E-state index in [0.29, 0.717) is 17.6 Å². The normalized spacial score (nSPS) is 29.2. The molecule has 1 unspecified atom stereocenters. The Balaban J connectivity index is 1.81. The number of halogens is 1. The van der Waals surface area contributed by atoms with E-state index in [9.17, 15) is 10.1 Å². The molecule has 1 atom stereocenters. The van der Waals surface area contributed by atoms with Crippen LogP contribution in [0, 0.1) is 19.6 Å². The monoisotopic (exact) mass is 373 g/mol. The van der Waals surface area contributed by atoms with Gasteiger partial charge < -0.3 is 10.2 Å². The molecule has 1 N–H and O–H groups in total. The number of rotatable bonds is 3. The Bertz CT molecular complexity index is 501. The summed E-state index contributed by atoms with van der Waals surface area (Å²) in [7, 11) is 0. The molecule has 3 fully saturated rings. The first-order chi connectivity index (χ1) is 9.13. The summed E-state index contributed by atoms with van der Waals surface area (Å²) >= 11 is 2.10. The lowest BCUT2D eigenvalue weighted by Crippen LogP contribution is -2.53. The number of nitro groups is 1. The second kappa shape index (κ2) is 5.24. The van der Waals surface area contributed by atoms with Crippen LogP contribution in [-0.2, 0) is 0 Å². The van der Waals surface area contributed by atoms with Crippen LogP contribution < -0.4 is 5.32 Å². The summed E-state index contributed by atoms with van der Waals surface area (Å²) in [6, 6.07) is 5.72. The third-order valence-corrected chi connectivity index (χ3v) is 4.82. The Labute approximate surface area is 125 Å². The highest BCUT2D eigenvalue weighted by atomic mass is 127. The van der Waals surface area contributed by atoms with Crippen LogP contribution in [0.15, 0.2) is 18.2 Å². The standard InChI is InChI=1S/C13H16IN3O2/c14-10-1-2-11(13(7-10)17(18)19)15-12-8-16-5-3-9(12)4-6-16/h1-2,7,9,12,15H,3-6,8H2. The Morgan fingerprint density at radius 2 is 2.11 bits per heavy atom. The number of nitrogens with zero attached hydrogens (tertiary/aromatic N) is 2. The first-order valence-corrected chi connectivity index (χ1v) is 7.64. The smallest absolute Gasteiger partial charge is 0.293 e. The van der Waals surface area contributed by atoms with Gasteiger partial charge in [-0.2, -0.15) is 0 Å². The van der Waals surface area contributed by atoms with Crippen LogP contribution in [0.2, 0.25) is 0 Å². The van der Waals surface area contributed by atoms with Gasteiger partial charge in [-0.1, -0.05) is 0 Å². The minimum atomic E-state index is -0.300. The highest BCUT2D eigenvalue weighted by Crippen LogP contribution is 2.33. The van der Waals surface area contributed by atoms with Crippen molar-refractivity contribution in [3.63, 3.8) is 0 Å². The zero-order chi connectivity index (χ0) is 13.4. The summed E-state index contributed by atoms with van der Waals surface area (Å²) in [6.07, 6.45) is 2.41. The van der Waals surface area contributed by atoms with Gasteiger partial charge in [0.25, 0.3) is 5.69 Å². The van der Waals surface area contributed by atoms with Crippen LogP contribution in [0.4, 0.5) is 11.4 Å². The lowest BCUT2D eigenvalue weighted by Gasteiger charge is -2.45. The van der Waals surface area contributed by atoms with Crippen molar-refractivity contribution in [2.24, 2.45) is 5.92 Å². The quantitative estimate of drug-likeness (QED) is 0.503. The summed E-state index contributed by atoms with van der Waals surface area (Å²) < 4.78 is 0.892. The molecule has 0 aliphatic carbocycles. The molecule has 3 aliphatic heterocycles. The average molecular weight is 373 g/mol. The number of anilines is 1. The van der Waals surface area contributed by atoms with Crippen molar-refractivity contribution in [2.75, 3.05) is 25.0 Å².